The maximum Gasteiger partial charge on any atom is 0.0681 e. The summed E-state index contributed by atoms with van der Waals surface area (Å²) < 4.78 is 5.88. The van der Waals surface area contributed by atoms with E-state index in [4.69, 9.17) is 4.74 Å². The third kappa shape index (κ3) is 0.741. The van der Waals surface area contributed by atoms with Gasteiger partial charge in [-0.15, -0.1) is 0 Å². The Bertz CT molecular complexity index is 200. The summed E-state index contributed by atoms with van der Waals surface area (Å²) in [4.78, 5) is 0.782. The third-order valence-electron chi connectivity index (χ3n) is 4.14. The van der Waals surface area contributed by atoms with Gasteiger partial charge in [-0.25, -0.2) is 0 Å². The molecule has 0 N–H and O–H groups in total. The first-order valence-corrected chi connectivity index (χ1v) is 6.02. The molecule has 1 spiro atoms. The molecule has 0 bridgehead atoms. The van der Waals surface area contributed by atoms with Gasteiger partial charge in [-0.1, -0.05) is 22.4 Å². The molecule has 2 heteroatoms. The molecule has 0 radical (unpaired) electrons. The molecule has 1 aliphatic heterocycles. The van der Waals surface area contributed by atoms with E-state index in [-0.39, 0.29) is 0 Å². The lowest BCUT2D eigenvalue weighted by molar-refractivity contribution is -0.206. The lowest BCUT2D eigenvalue weighted by Crippen LogP contribution is -2.67. The number of halogens is 1. The highest BCUT2D eigenvalue weighted by atomic mass is 79.9. The fourth-order valence-electron chi connectivity index (χ4n) is 3.31. The van der Waals surface area contributed by atoms with E-state index in [1.54, 1.807) is 0 Å². The van der Waals surface area contributed by atoms with Crippen molar-refractivity contribution in [3.05, 3.63) is 0 Å². The molecule has 1 nitrogen and oxygen atoms in total. The van der Waals surface area contributed by atoms with E-state index in [2.05, 4.69) is 15.9 Å². The summed E-state index contributed by atoms with van der Waals surface area (Å²) in [6, 6.07) is 0. The molecular weight excluding hydrogens is 216 g/mol. The second-order valence-corrected chi connectivity index (χ2v) is 5.57. The zero-order valence-electron chi connectivity index (χ0n) is 7.26. The van der Waals surface area contributed by atoms with Crippen molar-refractivity contribution in [2.75, 3.05) is 6.61 Å². The average molecular weight is 231 g/mol. The van der Waals surface area contributed by atoms with E-state index >= 15 is 0 Å². The molecule has 2 aliphatic carbocycles. The maximum absolute atomic E-state index is 5.88. The van der Waals surface area contributed by atoms with Crippen LogP contribution in [0.2, 0.25) is 0 Å². The topological polar surface area (TPSA) is 9.23 Å². The first-order chi connectivity index (χ1) is 5.84. The number of ether oxygens (including phenoxy) is 1. The van der Waals surface area contributed by atoms with Crippen molar-refractivity contribution >= 4 is 15.9 Å². The van der Waals surface area contributed by atoms with E-state index in [1.807, 2.05) is 0 Å². The van der Waals surface area contributed by atoms with Crippen molar-refractivity contribution in [1.29, 1.82) is 0 Å². The van der Waals surface area contributed by atoms with Crippen LogP contribution in [0.5, 0.6) is 0 Å². The number of hydrogen-bond donors (Lipinski definition) is 0. The first kappa shape index (κ1) is 7.81. The van der Waals surface area contributed by atoms with Crippen molar-refractivity contribution in [3.8, 4) is 0 Å². The Hall–Kier alpha value is 0.440. The van der Waals surface area contributed by atoms with Crippen molar-refractivity contribution in [2.45, 2.75) is 43.0 Å². The molecule has 68 valence electrons. The summed E-state index contributed by atoms with van der Waals surface area (Å²) in [5.74, 6) is 0.846. The van der Waals surface area contributed by atoms with Crippen molar-refractivity contribution in [2.24, 2.45) is 11.3 Å². The standard InChI is InChI=1S/C10H15BrO/c11-8-7-3-1-6-12-9(7)10(8)4-2-5-10/h7-9H,1-6H2/t7-,8+,9+/m0/s1. The van der Waals surface area contributed by atoms with E-state index in [1.165, 1.54) is 32.1 Å². The Balaban J connectivity index is 1.80. The van der Waals surface area contributed by atoms with Crippen LogP contribution in [0.1, 0.15) is 32.1 Å². The summed E-state index contributed by atoms with van der Waals surface area (Å²) in [6.45, 7) is 1.02. The summed E-state index contributed by atoms with van der Waals surface area (Å²) in [6.07, 6.45) is 7.54. The van der Waals surface area contributed by atoms with Crippen LogP contribution < -0.4 is 0 Å². The lowest BCUT2D eigenvalue weighted by Gasteiger charge is -2.65. The predicted octanol–water partition coefficient (Wildman–Crippen LogP) is 2.73. The van der Waals surface area contributed by atoms with Crippen LogP contribution in [0.4, 0.5) is 0 Å². The highest BCUT2D eigenvalue weighted by Gasteiger charge is 2.64. The van der Waals surface area contributed by atoms with Gasteiger partial charge in [-0.3, -0.25) is 0 Å². The number of hydrogen-bond acceptors (Lipinski definition) is 1. The van der Waals surface area contributed by atoms with Crippen molar-refractivity contribution < 1.29 is 4.74 Å². The third-order valence-corrected chi connectivity index (χ3v) is 5.74. The number of rotatable bonds is 0. The Morgan fingerprint density at radius 3 is 2.75 bits per heavy atom. The maximum atomic E-state index is 5.88. The van der Waals surface area contributed by atoms with E-state index in [9.17, 15) is 0 Å². The Morgan fingerprint density at radius 2 is 2.08 bits per heavy atom. The molecule has 2 saturated carbocycles. The highest BCUT2D eigenvalue weighted by Crippen LogP contribution is 2.64. The molecule has 12 heavy (non-hydrogen) atoms. The molecule has 3 atom stereocenters. The second kappa shape index (κ2) is 2.48. The van der Waals surface area contributed by atoms with Crippen LogP contribution >= 0.6 is 15.9 Å². The van der Waals surface area contributed by atoms with Gasteiger partial charge in [-0.2, -0.15) is 0 Å². The fourth-order valence-corrected chi connectivity index (χ4v) is 4.57. The summed E-state index contributed by atoms with van der Waals surface area (Å²) in [5, 5.41) is 0. The van der Waals surface area contributed by atoms with Crippen molar-refractivity contribution in [3.63, 3.8) is 0 Å². The first-order valence-electron chi connectivity index (χ1n) is 5.10. The predicted molar refractivity (Wildman–Crippen MR) is 51.5 cm³/mol. The molecule has 0 amide bonds. The second-order valence-electron chi connectivity index (χ2n) is 4.59. The van der Waals surface area contributed by atoms with E-state index < -0.39 is 0 Å². The van der Waals surface area contributed by atoms with Crippen LogP contribution in [0.25, 0.3) is 0 Å². The van der Waals surface area contributed by atoms with Gasteiger partial charge < -0.3 is 4.74 Å². The van der Waals surface area contributed by atoms with Crippen molar-refractivity contribution in [1.82, 2.24) is 0 Å². The fraction of sp³-hybridized carbons (Fsp3) is 1.00. The van der Waals surface area contributed by atoms with Crippen LogP contribution in [0.3, 0.4) is 0 Å². The summed E-state index contributed by atoms with van der Waals surface area (Å²) >= 11 is 3.86. The van der Waals surface area contributed by atoms with Crippen LogP contribution in [-0.2, 0) is 4.74 Å². The Kier molecular flexibility index (Phi) is 1.61. The molecule has 0 aromatic rings. The summed E-state index contributed by atoms with van der Waals surface area (Å²) in [5.41, 5.74) is 0.588. The molecule has 3 fully saturated rings. The largest absolute Gasteiger partial charge is 0.377 e. The molecule has 0 aromatic heterocycles. The van der Waals surface area contributed by atoms with Crippen LogP contribution in [0, 0.1) is 11.3 Å². The smallest absolute Gasteiger partial charge is 0.0681 e. The van der Waals surface area contributed by atoms with Gasteiger partial charge in [0.25, 0.3) is 0 Å². The summed E-state index contributed by atoms with van der Waals surface area (Å²) in [7, 11) is 0. The van der Waals surface area contributed by atoms with Crippen LogP contribution in [0.15, 0.2) is 0 Å². The minimum Gasteiger partial charge on any atom is -0.377 e. The molecule has 0 aromatic carbocycles. The van der Waals surface area contributed by atoms with Gasteiger partial charge in [-0.05, 0) is 31.6 Å². The molecule has 0 unspecified atom stereocenters. The van der Waals surface area contributed by atoms with Gasteiger partial charge in [0.2, 0.25) is 0 Å². The normalized spacial score (nSPS) is 49.2. The Labute approximate surface area is 82.0 Å². The molecule has 3 aliphatic rings. The molecule has 1 saturated heterocycles. The minimum atomic E-state index is 0.588. The quantitative estimate of drug-likeness (QED) is 0.582. The van der Waals surface area contributed by atoms with E-state index in [0.29, 0.717) is 11.5 Å². The van der Waals surface area contributed by atoms with Gasteiger partial charge in [0.15, 0.2) is 0 Å². The average Bonchev–Trinajstić information content (AvgIpc) is 2.01. The molecule has 3 rings (SSSR count). The highest BCUT2D eigenvalue weighted by molar-refractivity contribution is 9.09. The van der Waals surface area contributed by atoms with Crippen LogP contribution in [-0.4, -0.2) is 17.5 Å². The molecule has 1 heterocycles. The SMILES string of the molecule is Br[C@@H]1[C@@H]2CCCO[C@H]2C12CCC2. The van der Waals surface area contributed by atoms with Gasteiger partial charge >= 0.3 is 0 Å². The zero-order chi connectivity index (χ0) is 8.18. The van der Waals surface area contributed by atoms with Gasteiger partial charge in [0.1, 0.15) is 0 Å². The monoisotopic (exact) mass is 230 g/mol. The molecular formula is C10H15BrO. The number of fused-ring (bicyclic) bond motifs is 2. The van der Waals surface area contributed by atoms with Gasteiger partial charge in [0, 0.05) is 16.8 Å². The van der Waals surface area contributed by atoms with E-state index in [0.717, 1.165) is 17.4 Å². The zero-order valence-corrected chi connectivity index (χ0v) is 8.85. The Morgan fingerprint density at radius 1 is 1.25 bits per heavy atom. The lowest BCUT2D eigenvalue weighted by atomic mass is 9.48. The minimum absolute atomic E-state index is 0.588. The van der Waals surface area contributed by atoms with Gasteiger partial charge in [0.05, 0.1) is 6.10 Å². The number of alkyl halides is 1.